The van der Waals surface area contributed by atoms with Crippen LogP contribution in [-0.2, 0) is 13.1 Å². The topological polar surface area (TPSA) is 51.9 Å². The van der Waals surface area contributed by atoms with Crippen LogP contribution in [0.2, 0.25) is 5.02 Å². The number of allylic oxidation sites excluding steroid dienone is 1. The van der Waals surface area contributed by atoms with E-state index in [1.807, 2.05) is 37.3 Å². The molecule has 2 aromatic carbocycles. The lowest BCUT2D eigenvalue weighted by molar-refractivity contribution is 0.0876. The average Bonchev–Trinajstić information content (AvgIpc) is 3.33. The first-order valence-electron chi connectivity index (χ1n) is 9.32. The highest BCUT2D eigenvalue weighted by atomic mass is 35.5. The van der Waals surface area contributed by atoms with Crippen LogP contribution in [0, 0.1) is 6.92 Å². The van der Waals surface area contributed by atoms with Gasteiger partial charge in [-0.3, -0.25) is 9.69 Å². The largest absolute Gasteiger partial charge is 0.477 e. The molecule has 6 heteroatoms. The number of furan rings is 1. The molecule has 0 fully saturated rings. The van der Waals surface area contributed by atoms with Crippen molar-refractivity contribution in [3.8, 4) is 11.5 Å². The second kappa shape index (κ2) is 7.10. The Morgan fingerprint density at radius 3 is 2.76 bits per heavy atom. The summed E-state index contributed by atoms with van der Waals surface area (Å²) in [6.45, 7) is 3.82. The normalized spacial score (nSPS) is 17.0. The lowest BCUT2D eigenvalue weighted by atomic mass is 10.00. The Hall–Kier alpha value is -3.02. The van der Waals surface area contributed by atoms with E-state index >= 15 is 0 Å². The Morgan fingerprint density at radius 2 is 2.00 bits per heavy atom. The SMILES string of the molecule is Cc1c2c(cc3c1O/C(=C\c1ccco1)C3=O)CN(Cc1ccc(Cl)cc1)CO2. The van der Waals surface area contributed by atoms with Crippen molar-refractivity contribution in [2.75, 3.05) is 6.73 Å². The molecule has 3 aromatic rings. The number of benzene rings is 2. The lowest BCUT2D eigenvalue weighted by Crippen LogP contribution is -2.32. The summed E-state index contributed by atoms with van der Waals surface area (Å²) < 4.78 is 17.2. The zero-order valence-corrected chi connectivity index (χ0v) is 16.5. The smallest absolute Gasteiger partial charge is 0.232 e. The van der Waals surface area contributed by atoms with Crippen molar-refractivity contribution in [3.05, 3.63) is 87.5 Å². The van der Waals surface area contributed by atoms with E-state index in [1.165, 1.54) is 0 Å². The maximum Gasteiger partial charge on any atom is 0.232 e. The number of ketones is 1. The standard InChI is InChI=1S/C23H18ClNO4/c1-14-22-16(12-25(13-28-22)11-15-4-6-17(24)7-5-15)9-19-21(26)20(29-23(14)19)10-18-3-2-8-27-18/h2-10H,11-13H2,1H3/b20-10-. The Labute approximate surface area is 173 Å². The molecule has 0 aliphatic carbocycles. The van der Waals surface area contributed by atoms with Gasteiger partial charge in [0.05, 0.1) is 11.8 Å². The molecule has 29 heavy (non-hydrogen) atoms. The van der Waals surface area contributed by atoms with Crippen molar-refractivity contribution in [1.29, 1.82) is 0 Å². The summed E-state index contributed by atoms with van der Waals surface area (Å²) in [5.74, 6) is 2.06. The van der Waals surface area contributed by atoms with Gasteiger partial charge in [-0.05, 0) is 42.8 Å². The first-order valence-corrected chi connectivity index (χ1v) is 9.70. The van der Waals surface area contributed by atoms with Crippen molar-refractivity contribution in [1.82, 2.24) is 4.90 Å². The van der Waals surface area contributed by atoms with Gasteiger partial charge in [0.2, 0.25) is 5.78 Å². The van der Waals surface area contributed by atoms with Crippen LogP contribution in [0.3, 0.4) is 0 Å². The highest BCUT2D eigenvalue weighted by molar-refractivity contribution is 6.30. The van der Waals surface area contributed by atoms with E-state index in [9.17, 15) is 4.79 Å². The lowest BCUT2D eigenvalue weighted by Gasteiger charge is -2.30. The minimum absolute atomic E-state index is 0.142. The second-order valence-electron chi connectivity index (χ2n) is 7.21. The van der Waals surface area contributed by atoms with Gasteiger partial charge in [-0.25, -0.2) is 0 Å². The van der Waals surface area contributed by atoms with Gasteiger partial charge in [-0.1, -0.05) is 23.7 Å². The summed E-state index contributed by atoms with van der Waals surface area (Å²) in [5, 5.41) is 0.720. The van der Waals surface area contributed by atoms with Crippen molar-refractivity contribution >= 4 is 23.5 Å². The Morgan fingerprint density at radius 1 is 1.17 bits per heavy atom. The molecule has 0 bridgehead atoms. The van der Waals surface area contributed by atoms with Crippen LogP contribution in [0.4, 0.5) is 0 Å². The number of carbonyl (C=O) groups excluding carboxylic acids is 1. The molecule has 0 N–H and O–H groups in total. The summed E-state index contributed by atoms with van der Waals surface area (Å²) in [5.41, 5.74) is 3.55. The fourth-order valence-corrected chi connectivity index (χ4v) is 3.87. The number of hydrogen-bond acceptors (Lipinski definition) is 5. The van der Waals surface area contributed by atoms with Crippen LogP contribution in [-0.4, -0.2) is 17.4 Å². The predicted octanol–water partition coefficient (Wildman–Crippen LogP) is 5.21. The van der Waals surface area contributed by atoms with E-state index in [1.54, 1.807) is 24.5 Å². The zero-order chi connectivity index (χ0) is 20.0. The van der Waals surface area contributed by atoms with Crippen LogP contribution in [0.5, 0.6) is 11.5 Å². The molecule has 0 radical (unpaired) electrons. The maximum absolute atomic E-state index is 12.9. The third kappa shape index (κ3) is 3.33. The minimum atomic E-state index is -0.142. The second-order valence-corrected chi connectivity index (χ2v) is 7.65. The summed E-state index contributed by atoms with van der Waals surface area (Å²) in [4.78, 5) is 15.0. The number of ether oxygens (including phenoxy) is 2. The zero-order valence-electron chi connectivity index (χ0n) is 15.8. The molecule has 146 valence electrons. The first kappa shape index (κ1) is 18.0. The Kier molecular flexibility index (Phi) is 4.42. The minimum Gasteiger partial charge on any atom is -0.477 e. The van der Waals surface area contributed by atoms with Crippen molar-refractivity contribution < 1.29 is 18.7 Å². The molecular weight excluding hydrogens is 390 g/mol. The van der Waals surface area contributed by atoms with E-state index in [0.717, 1.165) is 34.0 Å². The molecule has 0 amide bonds. The highest BCUT2D eigenvalue weighted by Crippen LogP contribution is 2.43. The van der Waals surface area contributed by atoms with Gasteiger partial charge in [0.25, 0.3) is 0 Å². The first-order chi connectivity index (χ1) is 14.1. The van der Waals surface area contributed by atoms with Gasteiger partial charge in [-0.15, -0.1) is 0 Å². The quantitative estimate of drug-likeness (QED) is 0.558. The van der Waals surface area contributed by atoms with Crippen molar-refractivity contribution in [2.24, 2.45) is 0 Å². The van der Waals surface area contributed by atoms with E-state index < -0.39 is 0 Å². The van der Waals surface area contributed by atoms with Crippen LogP contribution in [0.1, 0.15) is 32.8 Å². The molecule has 0 atom stereocenters. The molecule has 5 rings (SSSR count). The third-order valence-corrected chi connectivity index (χ3v) is 5.39. The van der Waals surface area contributed by atoms with Crippen LogP contribution >= 0.6 is 11.6 Å². The molecule has 2 aliphatic rings. The molecule has 1 aromatic heterocycles. The summed E-state index contributed by atoms with van der Waals surface area (Å²) in [6, 6.07) is 13.2. The molecular formula is C23H18ClNO4. The summed E-state index contributed by atoms with van der Waals surface area (Å²) >= 11 is 5.97. The maximum atomic E-state index is 12.9. The molecule has 5 nitrogen and oxygen atoms in total. The molecule has 0 saturated carbocycles. The molecule has 2 aliphatic heterocycles. The van der Waals surface area contributed by atoms with E-state index in [-0.39, 0.29) is 11.5 Å². The third-order valence-electron chi connectivity index (χ3n) is 5.14. The molecule has 3 heterocycles. The van der Waals surface area contributed by atoms with Gasteiger partial charge in [0, 0.05) is 35.3 Å². The summed E-state index contributed by atoms with van der Waals surface area (Å²) in [7, 11) is 0. The summed E-state index contributed by atoms with van der Waals surface area (Å²) in [6.07, 6.45) is 3.18. The number of carbonyl (C=O) groups is 1. The molecule has 0 saturated heterocycles. The number of Topliss-reactive ketones (excluding diaryl/α,β-unsaturated/α-hetero) is 1. The van der Waals surface area contributed by atoms with Crippen LogP contribution in [0.15, 0.2) is 58.9 Å². The van der Waals surface area contributed by atoms with Gasteiger partial charge < -0.3 is 13.9 Å². The van der Waals surface area contributed by atoms with Gasteiger partial charge in [0.15, 0.2) is 5.76 Å². The fourth-order valence-electron chi connectivity index (χ4n) is 3.75. The van der Waals surface area contributed by atoms with Gasteiger partial charge >= 0.3 is 0 Å². The Balaban J connectivity index is 1.42. The van der Waals surface area contributed by atoms with Gasteiger partial charge in [-0.2, -0.15) is 0 Å². The van der Waals surface area contributed by atoms with Gasteiger partial charge in [0.1, 0.15) is 24.0 Å². The number of hydrogen-bond donors (Lipinski definition) is 0. The fraction of sp³-hybridized carbons (Fsp3) is 0.174. The van der Waals surface area contributed by atoms with Crippen molar-refractivity contribution in [3.63, 3.8) is 0 Å². The number of rotatable bonds is 3. The predicted molar refractivity (Wildman–Crippen MR) is 109 cm³/mol. The number of nitrogens with zero attached hydrogens (tertiary/aromatic N) is 1. The number of fused-ring (bicyclic) bond motifs is 2. The van der Waals surface area contributed by atoms with E-state index in [4.69, 9.17) is 25.5 Å². The molecule has 0 spiro atoms. The highest BCUT2D eigenvalue weighted by Gasteiger charge is 2.33. The van der Waals surface area contributed by atoms with Crippen molar-refractivity contribution in [2.45, 2.75) is 20.0 Å². The van der Waals surface area contributed by atoms with Crippen LogP contribution < -0.4 is 9.47 Å². The molecule has 0 unspecified atom stereocenters. The van der Waals surface area contributed by atoms with E-state index in [2.05, 4.69) is 4.90 Å². The number of halogens is 1. The monoisotopic (exact) mass is 407 g/mol. The average molecular weight is 408 g/mol. The van der Waals surface area contributed by atoms with E-state index in [0.29, 0.717) is 30.3 Å². The van der Waals surface area contributed by atoms with Crippen LogP contribution in [0.25, 0.3) is 6.08 Å². The Bertz CT molecular complexity index is 1120.